The molecule has 10 heteroatoms. The number of hydrogen-bond donors (Lipinski definition) is 4. The Morgan fingerprint density at radius 3 is 1.12 bits per heavy atom. The minimum atomic E-state index is -1.03. The Kier molecular flexibility index (Phi) is 14.7. The molecule has 2 radical (unpaired) electrons. The van der Waals surface area contributed by atoms with Gasteiger partial charge in [0.25, 0.3) is 0 Å². The number of phenolic OH excluding ortho intramolecular Hbond substituents is 2. The zero-order valence-electron chi connectivity index (χ0n) is 20.8. The van der Waals surface area contributed by atoms with Crippen LogP contribution in [-0.4, -0.2) is 44.8 Å². The van der Waals surface area contributed by atoms with Crippen molar-refractivity contribution in [3.63, 3.8) is 0 Å². The summed E-state index contributed by atoms with van der Waals surface area (Å²) in [4.78, 5) is 30.5. The van der Waals surface area contributed by atoms with E-state index in [1.165, 1.54) is 24.6 Å². The molecule has 0 heterocycles. The maximum Gasteiger partial charge on any atom is 0.333 e. The maximum absolute atomic E-state index is 11.2. The number of benzene rings is 4. The molecule has 4 N–H and O–H groups in total. The van der Waals surface area contributed by atoms with Crippen LogP contribution in [-0.2, 0) is 43.7 Å². The predicted octanol–water partition coefficient (Wildman–Crippen LogP) is 5.27. The van der Waals surface area contributed by atoms with E-state index in [9.17, 15) is 30.0 Å². The summed E-state index contributed by atoms with van der Waals surface area (Å²) >= 11 is 0. The zero-order valence-corrected chi connectivity index (χ0v) is 22.7. The van der Waals surface area contributed by atoms with Gasteiger partial charge in [-0.3, -0.25) is 9.98 Å². The van der Waals surface area contributed by atoms with Crippen molar-refractivity contribution in [2.75, 3.05) is 0 Å². The molecule has 40 heavy (non-hydrogen) atoms. The fourth-order valence-corrected chi connectivity index (χ4v) is 3.36. The maximum atomic E-state index is 11.2. The number of aliphatic imine (C=N–C) groups is 2. The molecule has 0 saturated heterocycles. The Morgan fingerprint density at radius 2 is 0.825 bits per heavy atom. The van der Waals surface area contributed by atoms with E-state index in [1.807, 2.05) is 12.1 Å². The van der Waals surface area contributed by atoms with Gasteiger partial charge in [-0.2, -0.15) is 0 Å². The Bertz CT molecular complexity index is 1310. The minimum absolute atomic E-state index is 0. The molecule has 0 saturated carbocycles. The molecule has 0 aromatic heterocycles. The standard InChI is InChI=1S/2C15H13NO3.2Cu/c2*17-13-9-5-4-8-12(13)10-16-14(15(18)19)11-6-2-1-3-7-11;;/h2*1-10,14,17H,(H,18,19);;/t2*14-;;/m10../s1. The largest absolute Gasteiger partial charge is 0.507 e. The average Bonchev–Trinajstić information content (AvgIpc) is 2.92. The molecule has 8 nitrogen and oxygen atoms in total. The number of carboxylic acid groups (broad SMARTS) is 2. The number of hydrogen-bond acceptors (Lipinski definition) is 6. The first kappa shape index (κ1) is 33.8. The summed E-state index contributed by atoms with van der Waals surface area (Å²) in [7, 11) is 0. The second-order valence-electron chi connectivity index (χ2n) is 7.98. The number of phenols is 2. The van der Waals surface area contributed by atoms with Crippen LogP contribution in [0.15, 0.2) is 119 Å². The molecule has 0 aliphatic rings. The summed E-state index contributed by atoms with van der Waals surface area (Å²) in [6.45, 7) is 0. The number of carboxylic acids is 2. The molecule has 2 atom stereocenters. The van der Waals surface area contributed by atoms with E-state index < -0.39 is 24.0 Å². The fraction of sp³-hybridized carbons (Fsp3) is 0.0667. The molecular weight excluding hydrogens is 611 g/mol. The van der Waals surface area contributed by atoms with Crippen LogP contribution in [0.4, 0.5) is 0 Å². The summed E-state index contributed by atoms with van der Waals surface area (Å²) in [5, 5.41) is 37.6. The molecule has 4 aromatic rings. The number of aliphatic carboxylic acids is 2. The molecule has 0 fully saturated rings. The van der Waals surface area contributed by atoms with Crippen molar-refractivity contribution in [1.82, 2.24) is 0 Å². The van der Waals surface area contributed by atoms with Gasteiger partial charge in [-0.25, -0.2) is 9.59 Å². The summed E-state index contributed by atoms with van der Waals surface area (Å²) in [5.41, 5.74) is 2.18. The van der Waals surface area contributed by atoms with E-state index in [2.05, 4.69) is 9.98 Å². The SMILES string of the molecule is O=C(O)[C@@H](N=Cc1ccccc1O)c1ccccc1.O=C(O)[C@H](N=Cc1ccccc1O)c1ccccc1.[Cu].[Cu]. The fourth-order valence-electron chi connectivity index (χ4n) is 3.36. The average molecular weight is 638 g/mol. The van der Waals surface area contributed by atoms with E-state index in [4.69, 9.17) is 0 Å². The monoisotopic (exact) mass is 636 g/mol. The topological polar surface area (TPSA) is 140 Å². The van der Waals surface area contributed by atoms with Crippen LogP contribution in [0, 0.1) is 0 Å². The molecule has 4 rings (SSSR count). The number of nitrogens with zero attached hydrogens (tertiary/aromatic N) is 2. The van der Waals surface area contributed by atoms with Gasteiger partial charge in [-0.1, -0.05) is 84.9 Å². The van der Waals surface area contributed by atoms with Crippen LogP contribution in [0.5, 0.6) is 11.5 Å². The number of aromatic hydroxyl groups is 2. The van der Waals surface area contributed by atoms with E-state index in [0.717, 1.165) is 0 Å². The molecule has 4 aromatic carbocycles. The van der Waals surface area contributed by atoms with E-state index in [0.29, 0.717) is 22.3 Å². The summed E-state index contributed by atoms with van der Waals surface area (Å²) < 4.78 is 0. The predicted molar refractivity (Wildman–Crippen MR) is 145 cm³/mol. The quantitative estimate of drug-likeness (QED) is 0.153. The molecule has 0 unspecified atom stereocenters. The van der Waals surface area contributed by atoms with Crippen molar-refractivity contribution in [2.45, 2.75) is 12.1 Å². The van der Waals surface area contributed by atoms with Crippen LogP contribution in [0.2, 0.25) is 0 Å². The van der Waals surface area contributed by atoms with Crippen molar-refractivity contribution in [1.29, 1.82) is 0 Å². The van der Waals surface area contributed by atoms with Crippen LogP contribution in [0.3, 0.4) is 0 Å². The summed E-state index contributed by atoms with van der Waals surface area (Å²) in [6, 6.07) is 28.9. The second kappa shape index (κ2) is 17.4. The first-order valence-corrected chi connectivity index (χ1v) is 11.5. The van der Waals surface area contributed by atoms with Crippen LogP contribution < -0.4 is 0 Å². The Hall–Kier alpha value is -4.20. The van der Waals surface area contributed by atoms with Crippen molar-refractivity contribution in [3.05, 3.63) is 131 Å². The van der Waals surface area contributed by atoms with Gasteiger partial charge >= 0.3 is 11.9 Å². The van der Waals surface area contributed by atoms with Crippen LogP contribution in [0.25, 0.3) is 0 Å². The number of para-hydroxylation sites is 2. The molecule has 0 bridgehead atoms. The third-order valence-electron chi connectivity index (χ3n) is 5.30. The molecule has 0 spiro atoms. The molecule has 0 aliphatic carbocycles. The normalized spacial score (nSPS) is 11.8. The smallest absolute Gasteiger partial charge is 0.333 e. The number of carbonyl (C=O) groups is 2. The Balaban J connectivity index is 0.000000381. The Morgan fingerprint density at radius 1 is 0.525 bits per heavy atom. The molecule has 0 aliphatic heterocycles. The first-order chi connectivity index (χ1) is 18.4. The van der Waals surface area contributed by atoms with Gasteiger partial charge < -0.3 is 20.4 Å². The Labute approximate surface area is 252 Å². The van der Waals surface area contributed by atoms with Gasteiger partial charge in [0.1, 0.15) is 11.5 Å². The third-order valence-corrected chi connectivity index (χ3v) is 5.30. The molecule has 0 amide bonds. The van der Waals surface area contributed by atoms with Crippen LogP contribution in [0.1, 0.15) is 34.3 Å². The van der Waals surface area contributed by atoms with Gasteiger partial charge in [-0.15, -0.1) is 0 Å². The zero-order chi connectivity index (χ0) is 27.3. The van der Waals surface area contributed by atoms with E-state index in [1.54, 1.807) is 84.9 Å². The molecular formula is C30H26Cu2N2O6. The number of rotatable bonds is 8. The first-order valence-electron chi connectivity index (χ1n) is 11.5. The second-order valence-corrected chi connectivity index (χ2v) is 7.98. The van der Waals surface area contributed by atoms with Crippen molar-refractivity contribution in [3.8, 4) is 11.5 Å². The summed E-state index contributed by atoms with van der Waals surface area (Å²) in [5.74, 6) is -1.91. The van der Waals surface area contributed by atoms with E-state index in [-0.39, 0.29) is 45.6 Å². The van der Waals surface area contributed by atoms with Gasteiger partial charge in [0.15, 0.2) is 12.1 Å². The van der Waals surface area contributed by atoms with E-state index >= 15 is 0 Å². The van der Waals surface area contributed by atoms with Crippen molar-refractivity contribution in [2.24, 2.45) is 9.98 Å². The van der Waals surface area contributed by atoms with Crippen molar-refractivity contribution < 1.29 is 64.2 Å². The van der Waals surface area contributed by atoms with Crippen molar-refractivity contribution >= 4 is 24.4 Å². The van der Waals surface area contributed by atoms with Crippen LogP contribution >= 0.6 is 0 Å². The molecule has 214 valence electrons. The third kappa shape index (κ3) is 10.2. The van der Waals surface area contributed by atoms with Gasteiger partial charge in [-0.05, 0) is 35.4 Å². The van der Waals surface area contributed by atoms with Gasteiger partial charge in [0.2, 0.25) is 0 Å². The summed E-state index contributed by atoms with van der Waals surface area (Å²) in [6.07, 6.45) is 2.75. The minimum Gasteiger partial charge on any atom is -0.507 e. The van der Waals surface area contributed by atoms with Gasteiger partial charge in [0.05, 0.1) is 0 Å². The van der Waals surface area contributed by atoms with Gasteiger partial charge in [0, 0.05) is 57.7 Å².